The number of hydrogen-bond donors (Lipinski definition) is 1. The highest BCUT2D eigenvalue weighted by Gasteiger charge is 2.28. The maximum atomic E-state index is 14.0. The number of carbonyl (C=O) groups excluding carboxylic acids is 1. The molecule has 3 aromatic rings. The van der Waals surface area contributed by atoms with Gasteiger partial charge in [-0.3, -0.25) is 4.79 Å². The fourth-order valence-electron chi connectivity index (χ4n) is 3.90. The smallest absolute Gasteiger partial charge is 0.255 e. The van der Waals surface area contributed by atoms with Gasteiger partial charge in [0.05, 0.1) is 24.4 Å². The number of hydrogen-bond acceptors (Lipinski definition) is 3. The molecule has 0 bridgehead atoms. The molecule has 0 saturated heterocycles. The Morgan fingerprint density at radius 3 is 2.83 bits per heavy atom. The zero-order valence-corrected chi connectivity index (χ0v) is 16.3. The van der Waals surface area contributed by atoms with Crippen molar-refractivity contribution in [3.05, 3.63) is 88.9 Å². The van der Waals surface area contributed by atoms with Crippen molar-refractivity contribution in [2.75, 3.05) is 4.90 Å². The number of furan rings is 1. The Labute approximate surface area is 168 Å². The van der Waals surface area contributed by atoms with Crippen LogP contribution in [0.15, 0.2) is 59.2 Å². The molecular weight excluding hydrogens is 374 g/mol. The summed E-state index contributed by atoms with van der Waals surface area (Å²) in [6.45, 7) is 4.27. The van der Waals surface area contributed by atoms with Crippen LogP contribution in [0.4, 0.5) is 14.5 Å². The minimum Gasteiger partial charge on any atom is -0.467 e. The number of fused-ring (bicyclic) bond motifs is 1. The molecule has 1 aliphatic heterocycles. The van der Waals surface area contributed by atoms with Gasteiger partial charge in [0.15, 0.2) is 0 Å². The Morgan fingerprint density at radius 2 is 2.03 bits per heavy atom. The number of nitrogens with zero attached hydrogens (tertiary/aromatic N) is 1. The molecular formula is C23H22F2N2O2. The first kappa shape index (κ1) is 19.2. The Balaban J connectivity index is 1.51. The molecule has 4 nitrogen and oxygen atoms in total. The second kappa shape index (κ2) is 7.70. The van der Waals surface area contributed by atoms with Crippen molar-refractivity contribution in [1.82, 2.24) is 5.32 Å². The SMILES string of the molecule is CC(NC(=O)c1ccoc1CN1c2ccccc2CC1C)c1ccc(F)cc1F. The van der Waals surface area contributed by atoms with E-state index in [1.165, 1.54) is 24.0 Å². The maximum Gasteiger partial charge on any atom is 0.255 e. The summed E-state index contributed by atoms with van der Waals surface area (Å²) in [4.78, 5) is 15.0. The molecule has 2 unspecified atom stereocenters. The third-order valence-electron chi connectivity index (χ3n) is 5.43. The normalized spacial score (nSPS) is 16.6. The monoisotopic (exact) mass is 396 g/mol. The highest BCUT2D eigenvalue weighted by atomic mass is 19.1. The van der Waals surface area contributed by atoms with Crippen LogP contribution in [0.5, 0.6) is 0 Å². The lowest BCUT2D eigenvalue weighted by molar-refractivity contribution is 0.0937. The van der Waals surface area contributed by atoms with Crippen LogP contribution in [0.25, 0.3) is 0 Å². The van der Waals surface area contributed by atoms with Crippen LogP contribution in [-0.4, -0.2) is 11.9 Å². The zero-order valence-electron chi connectivity index (χ0n) is 16.3. The molecule has 2 aromatic carbocycles. The molecule has 29 heavy (non-hydrogen) atoms. The van der Waals surface area contributed by atoms with Gasteiger partial charge in [-0.05, 0) is 44.0 Å². The summed E-state index contributed by atoms with van der Waals surface area (Å²) in [6.07, 6.45) is 2.43. The van der Waals surface area contributed by atoms with Gasteiger partial charge in [-0.15, -0.1) is 0 Å². The highest BCUT2D eigenvalue weighted by molar-refractivity contribution is 5.95. The molecule has 0 aliphatic carbocycles. The van der Waals surface area contributed by atoms with Gasteiger partial charge in [-0.1, -0.05) is 24.3 Å². The van der Waals surface area contributed by atoms with Crippen molar-refractivity contribution in [2.24, 2.45) is 0 Å². The number of rotatable bonds is 5. The number of benzene rings is 2. The molecule has 2 atom stereocenters. The number of nitrogens with one attached hydrogen (secondary N) is 1. The summed E-state index contributed by atoms with van der Waals surface area (Å²) >= 11 is 0. The average molecular weight is 396 g/mol. The van der Waals surface area contributed by atoms with Crippen LogP contribution >= 0.6 is 0 Å². The standard InChI is InChI=1S/C23H22F2N2O2/c1-14-11-16-5-3-4-6-21(16)27(14)13-22-19(9-10-29-22)23(28)26-15(2)18-8-7-17(24)12-20(18)25/h3-10,12,14-15H,11,13H2,1-2H3,(H,26,28). The first-order valence-electron chi connectivity index (χ1n) is 9.60. The van der Waals surface area contributed by atoms with Gasteiger partial charge in [0, 0.05) is 23.4 Å². The lowest BCUT2D eigenvalue weighted by Gasteiger charge is -2.24. The van der Waals surface area contributed by atoms with Crippen molar-refractivity contribution < 1.29 is 18.0 Å². The van der Waals surface area contributed by atoms with Gasteiger partial charge in [-0.2, -0.15) is 0 Å². The van der Waals surface area contributed by atoms with Gasteiger partial charge < -0.3 is 14.6 Å². The number of anilines is 1. The summed E-state index contributed by atoms with van der Waals surface area (Å²) in [6, 6.07) is 12.8. The van der Waals surface area contributed by atoms with E-state index in [1.54, 1.807) is 13.0 Å². The quantitative estimate of drug-likeness (QED) is 0.660. The fourth-order valence-corrected chi connectivity index (χ4v) is 3.90. The molecule has 4 rings (SSSR count). The third-order valence-corrected chi connectivity index (χ3v) is 5.43. The van der Waals surface area contributed by atoms with Gasteiger partial charge in [0.25, 0.3) is 5.91 Å². The minimum atomic E-state index is -0.687. The Bertz CT molecular complexity index is 1050. The van der Waals surface area contributed by atoms with Crippen molar-refractivity contribution in [3.8, 4) is 0 Å². The van der Waals surface area contributed by atoms with Crippen LogP contribution in [0.3, 0.4) is 0 Å². The largest absolute Gasteiger partial charge is 0.467 e. The average Bonchev–Trinajstić information content (AvgIpc) is 3.26. The first-order valence-corrected chi connectivity index (χ1v) is 9.60. The predicted molar refractivity (Wildman–Crippen MR) is 107 cm³/mol. The van der Waals surface area contributed by atoms with E-state index in [4.69, 9.17) is 4.42 Å². The van der Waals surface area contributed by atoms with Crippen LogP contribution in [0.1, 0.15) is 47.1 Å². The lowest BCUT2D eigenvalue weighted by Crippen LogP contribution is -2.31. The van der Waals surface area contributed by atoms with Crippen molar-refractivity contribution in [3.63, 3.8) is 0 Å². The molecule has 1 aliphatic rings. The highest BCUT2D eigenvalue weighted by Crippen LogP contribution is 2.33. The predicted octanol–water partition coefficient (Wildman–Crippen LogP) is 5.00. The van der Waals surface area contributed by atoms with Crippen molar-refractivity contribution in [2.45, 2.75) is 38.9 Å². The van der Waals surface area contributed by atoms with Gasteiger partial charge >= 0.3 is 0 Å². The van der Waals surface area contributed by atoms with Crippen molar-refractivity contribution >= 4 is 11.6 Å². The van der Waals surface area contributed by atoms with E-state index in [1.807, 2.05) is 12.1 Å². The Morgan fingerprint density at radius 1 is 1.24 bits per heavy atom. The summed E-state index contributed by atoms with van der Waals surface area (Å²) < 4.78 is 32.8. The second-order valence-electron chi connectivity index (χ2n) is 7.43. The van der Waals surface area contributed by atoms with E-state index in [-0.39, 0.29) is 11.5 Å². The van der Waals surface area contributed by atoms with Crippen LogP contribution in [0.2, 0.25) is 0 Å². The van der Waals surface area contributed by atoms with Crippen LogP contribution < -0.4 is 10.2 Å². The Kier molecular flexibility index (Phi) is 5.09. The molecule has 0 saturated carbocycles. The molecule has 150 valence electrons. The van der Waals surface area contributed by atoms with E-state index in [0.29, 0.717) is 23.9 Å². The number of halogens is 2. The van der Waals surface area contributed by atoms with E-state index in [2.05, 4.69) is 29.3 Å². The lowest BCUT2D eigenvalue weighted by atomic mass is 10.1. The number of amides is 1. The third kappa shape index (κ3) is 3.75. The topological polar surface area (TPSA) is 45.5 Å². The zero-order chi connectivity index (χ0) is 20.5. The summed E-state index contributed by atoms with van der Waals surface area (Å²) in [5, 5.41) is 2.77. The summed E-state index contributed by atoms with van der Waals surface area (Å²) in [5.41, 5.74) is 3.06. The first-order chi connectivity index (χ1) is 13.9. The van der Waals surface area contributed by atoms with E-state index in [9.17, 15) is 13.6 Å². The minimum absolute atomic E-state index is 0.229. The molecule has 0 radical (unpaired) electrons. The van der Waals surface area contributed by atoms with E-state index in [0.717, 1.165) is 18.2 Å². The molecule has 0 spiro atoms. The molecule has 6 heteroatoms. The van der Waals surface area contributed by atoms with Crippen LogP contribution in [0, 0.1) is 11.6 Å². The number of para-hydroxylation sites is 1. The van der Waals surface area contributed by atoms with E-state index >= 15 is 0 Å². The molecule has 1 N–H and O–H groups in total. The van der Waals surface area contributed by atoms with Gasteiger partial charge in [0.2, 0.25) is 0 Å². The van der Waals surface area contributed by atoms with Gasteiger partial charge in [-0.25, -0.2) is 8.78 Å². The van der Waals surface area contributed by atoms with E-state index < -0.39 is 17.7 Å². The summed E-state index contributed by atoms with van der Waals surface area (Å²) in [7, 11) is 0. The Hall–Kier alpha value is -3.15. The summed E-state index contributed by atoms with van der Waals surface area (Å²) in [5.74, 6) is -1.14. The van der Waals surface area contributed by atoms with Crippen LogP contribution in [-0.2, 0) is 13.0 Å². The number of carbonyl (C=O) groups is 1. The maximum absolute atomic E-state index is 14.0. The van der Waals surface area contributed by atoms with Gasteiger partial charge in [0.1, 0.15) is 17.4 Å². The second-order valence-corrected chi connectivity index (χ2v) is 7.43. The molecule has 0 fully saturated rings. The molecule has 2 heterocycles. The fraction of sp³-hybridized carbons (Fsp3) is 0.261. The molecule has 1 amide bonds. The molecule has 1 aromatic heterocycles. The van der Waals surface area contributed by atoms with Crippen molar-refractivity contribution in [1.29, 1.82) is 0 Å².